The summed E-state index contributed by atoms with van der Waals surface area (Å²) in [7, 11) is 0. The molecule has 0 bridgehead atoms. The lowest BCUT2D eigenvalue weighted by Crippen LogP contribution is -2.28. The minimum absolute atomic E-state index is 0.479. The Balaban J connectivity index is 2.28. The number of carbonyl (C=O) groups is 1. The molecule has 0 amide bonds. The SMILES string of the molecule is Cc1ccc(-c2c(C(OC(C)(C)C)C(=O)O)cnc3ccnn23)cc1C. The lowest BCUT2D eigenvalue weighted by Gasteiger charge is -2.26. The third-order valence-corrected chi connectivity index (χ3v) is 4.20. The van der Waals surface area contributed by atoms with E-state index in [4.69, 9.17) is 4.74 Å². The number of carboxylic acids is 1. The molecule has 1 unspecified atom stereocenters. The van der Waals surface area contributed by atoms with Crippen molar-refractivity contribution in [1.29, 1.82) is 0 Å². The van der Waals surface area contributed by atoms with Crippen molar-refractivity contribution in [2.75, 3.05) is 0 Å². The molecule has 6 nitrogen and oxygen atoms in total. The van der Waals surface area contributed by atoms with E-state index in [1.807, 2.05) is 52.8 Å². The van der Waals surface area contributed by atoms with E-state index in [2.05, 4.69) is 10.1 Å². The van der Waals surface area contributed by atoms with Crippen LogP contribution in [-0.4, -0.2) is 31.3 Å². The highest BCUT2D eigenvalue weighted by Crippen LogP contribution is 2.33. The Labute approximate surface area is 152 Å². The number of fused-ring (bicyclic) bond motifs is 1. The number of benzene rings is 1. The maximum Gasteiger partial charge on any atom is 0.337 e. The number of ether oxygens (including phenoxy) is 1. The van der Waals surface area contributed by atoms with Crippen molar-refractivity contribution in [2.24, 2.45) is 0 Å². The van der Waals surface area contributed by atoms with E-state index >= 15 is 0 Å². The summed E-state index contributed by atoms with van der Waals surface area (Å²) in [5.41, 5.74) is 4.36. The molecule has 6 heteroatoms. The fourth-order valence-electron chi connectivity index (χ4n) is 2.86. The minimum atomic E-state index is -1.15. The van der Waals surface area contributed by atoms with Crippen molar-refractivity contribution in [3.05, 3.63) is 53.3 Å². The molecular formula is C20H23N3O3. The molecule has 0 radical (unpaired) electrons. The Morgan fingerprint density at radius 3 is 2.54 bits per heavy atom. The molecule has 26 heavy (non-hydrogen) atoms. The zero-order valence-electron chi connectivity index (χ0n) is 15.6. The normalized spacial score (nSPS) is 13.1. The van der Waals surface area contributed by atoms with Gasteiger partial charge in [0.2, 0.25) is 0 Å². The van der Waals surface area contributed by atoms with Gasteiger partial charge in [-0.3, -0.25) is 0 Å². The number of aryl methyl sites for hydroxylation is 2. The number of carboxylic acid groups (broad SMARTS) is 1. The molecule has 1 atom stereocenters. The van der Waals surface area contributed by atoms with Gasteiger partial charge in [0, 0.05) is 23.4 Å². The Kier molecular flexibility index (Phi) is 4.54. The molecule has 0 saturated carbocycles. The fourth-order valence-corrected chi connectivity index (χ4v) is 2.86. The second-order valence-corrected chi connectivity index (χ2v) is 7.41. The number of hydrogen-bond donors (Lipinski definition) is 1. The number of nitrogens with zero attached hydrogens (tertiary/aromatic N) is 3. The van der Waals surface area contributed by atoms with Crippen LogP contribution in [0.2, 0.25) is 0 Å². The molecule has 0 aliphatic carbocycles. The maximum atomic E-state index is 12.0. The van der Waals surface area contributed by atoms with E-state index in [1.54, 1.807) is 23.0 Å². The standard InChI is InChI=1S/C20H23N3O3/c1-12-6-7-14(10-13(12)2)17-15(11-21-16-8-9-22-23(16)17)18(19(24)25)26-20(3,4)5/h6-11,18H,1-5H3,(H,24,25). The molecule has 0 aliphatic rings. The van der Waals surface area contributed by atoms with Crippen LogP contribution >= 0.6 is 0 Å². The molecular weight excluding hydrogens is 330 g/mol. The Morgan fingerprint density at radius 1 is 1.19 bits per heavy atom. The highest BCUT2D eigenvalue weighted by Gasteiger charge is 2.31. The summed E-state index contributed by atoms with van der Waals surface area (Å²) >= 11 is 0. The monoisotopic (exact) mass is 353 g/mol. The van der Waals surface area contributed by atoms with Gasteiger partial charge in [-0.15, -0.1) is 0 Å². The van der Waals surface area contributed by atoms with Gasteiger partial charge in [-0.1, -0.05) is 12.1 Å². The topological polar surface area (TPSA) is 76.7 Å². The van der Waals surface area contributed by atoms with Gasteiger partial charge in [0.1, 0.15) is 0 Å². The summed E-state index contributed by atoms with van der Waals surface area (Å²) in [5, 5.41) is 14.2. The van der Waals surface area contributed by atoms with E-state index in [-0.39, 0.29) is 0 Å². The van der Waals surface area contributed by atoms with Crippen molar-refractivity contribution >= 4 is 11.6 Å². The third kappa shape index (κ3) is 3.46. The van der Waals surface area contributed by atoms with Crippen molar-refractivity contribution in [3.8, 4) is 11.3 Å². The highest BCUT2D eigenvalue weighted by molar-refractivity contribution is 5.79. The van der Waals surface area contributed by atoms with E-state index < -0.39 is 17.7 Å². The Bertz CT molecular complexity index is 970. The molecule has 1 N–H and O–H groups in total. The van der Waals surface area contributed by atoms with E-state index in [9.17, 15) is 9.90 Å². The number of aromatic nitrogens is 3. The smallest absolute Gasteiger partial charge is 0.337 e. The molecule has 3 rings (SSSR count). The number of hydrogen-bond acceptors (Lipinski definition) is 4. The highest BCUT2D eigenvalue weighted by atomic mass is 16.5. The van der Waals surface area contributed by atoms with Crippen LogP contribution in [0.3, 0.4) is 0 Å². The first kappa shape index (κ1) is 18.1. The van der Waals surface area contributed by atoms with E-state index in [1.165, 1.54) is 5.56 Å². The quantitative estimate of drug-likeness (QED) is 0.768. The molecule has 0 fully saturated rings. The molecule has 3 aromatic rings. The predicted octanol–water partition coefficient (Wildman–Crippen LogP) is 3.95. The lowest BCUT2D eigenvalue weighted by atomic mass is 9.98. The van der Waals surface area contributed by atoms with Crippen molar-refractivity contribution in [2.45, 2.75) is 46.3 Å². The Morgan fingerprint density at radius 2 is 1.92 bits per heavy atom. The Hall–Kier alpha value is -2.73. The number of rotatable bonds is 4. The molecule has 136 valence electrons. The molecule has 2 heterocycles. The second-order valence-electron chi connectivity index (χ2n) is 7.41. The van der Waals surface area contributed by atoms with Crippen LogP contribution in [0.5, 0.6) is 0 Å². The molecule has 2 aromatic heterocycles. The molecule has 0 aliphatic heterocycles. The second kappa shape index (κ2) is 6.53. The summed E-state index contributed by atoms with van der Waals surface area (Å²) in [6.07, 6.45) is 2.08. The van der Waals surface area contributed by atoms with Crippen molar-refractivity contribution in [3.63, 3.8) is 0 Å². The van der Waals surface area contributed by atoms with Crippen LogP contribution in [0.15, 0.2) is 36.7 Å². The summed E-state index contributed by atoms with van der Waals surface area (Å²) < 4.78 is 7.51. The largest absolute Gasteiger partial charge is 0.479 e. The molecule has 0 spiro atoms. The molecule has 1 aromatic carbocycles. The van der Waals surface area contributed by atoms with Gasteiger partial charge in [-0.05, 0) is 51.8 Å². The fraction of sp³-hybridized carbons (Fsp3) is 0.350. The number of aliphatic carboxylic acids is 1. The predicted molar refractivity (Wildman–Crippen MR) is 99.1 cm³/mol. The van der Waals surface area contributed by atoms with Crippen molar-refractivity contribution < 1.29 is 14.6 Å². The third-order valence-electron chi connectivity index (χ3n) is 4.20. The van der Waals surface area contributed by atoms with Gasteiger partial charge in [-0.25, -0.2) is 14.3 Å². The first-order chi connectivity index (χ1) is 12.2. The van der Waals surface area contributed by atoms with Gasteiger partial charge >= 0.3 is 5.97 Å². The zero-order chi connectivity index (χ0) is 19.1. The van der Waals surface area contributed by atoms with E-state index in [0.717, 1.165) is 11.1 Å². The zero-order valence-corrected chi connectivity index (χ0v) is 15.6. The van der Waals surface area contributed by atoms with Crippen LogP contribution in [0.1, 0.15) is 43.6 Å². The van der Waals surface area contributed by atoms with Gasteiger partial charge in [-0.2, -0.15) is 5.10 Å². The van der Waals surface area contributed by atoms with Crippen LogP contribution in [0.4, 0.5) is 0 Å². The molecule has 0 saturated heterocycles. The lowest BCUT2D eigenvalue weighted by molar-refractivity contribution is -0.160. The average Bonchev–Trinajstić information content (AvgIpc) is 3.02. The summed E-state index contributed by atoms with van der Waals surface area (Å²) in [5.74, 6) is -1.06. The first-order valence-corrected chi connectivity index (χ1v) is 8.48. The van der Waals surface area contributed by atoms with Gasteiger partial charge in [0.25, 0.3) is 0 Å². The maximum absolute atomic E-state index is 12.0. The van der Waals surface area contributed by atoms with Gasteiger partial charge in [0.05, 0.1) is 17.5 Å². The van der Waals surface area contributed by atoms with Gasteiger partial charge in [0.15, 0.2) is 11.8 Å². The van der Waals surface area contributed by atoms with Crippen LogP contribution in [0, 0.1) is 13.8 Å². The summed E-state index contributed by atoms with van der Waals surface area (Å²) in [4.78, 5) is 16.3. The van der Waals surface area contributed by atoms with Crippen LogP contribution in [-0.2, 0) is 9.53 Å². The van der Waals surface area contributed by atoms with Gasteiger partial charge < -0.3 is 9.84 Å². The van der Waals surface area contributed by atoms with Crippen LogP contribution in [0.25, 0.3) is 16.9 Å². The first-order valence-electron chi connectivity index (χ1n) is 8.48. The van der Waals surface area contributed by atoms with Crippen LogP contribution < -0.4 is 0 Å². The van der Waals surface area contributed by atoms with Crippen molar-refractivity contribution in [1.82, 2.24) is 14.6 Å². The summed E-state index contributed by atoms with van der Waals surface area (Å²) in [6.45, 7) is 9.56. The average molecular weight is 353 g/mol. The summed E-state index contributed by atoms with van der Waals surface area (Å²) in [6, 6.07) is 7.81. The minimum Gasteiger partial charge on any atom is -0.479 e. The van der Waals surface area contributed by atoms with E-state index in [0.29, 0.717) is 16.9 Å².